The molecule has 0 aliphatic heterocycles. The van der Waals surface area contributed by atoms with E-state index in [2.05, 4.69) is 0 Å². The molecule has 0 fully saturated rings. The number of hydrogen-bond donors (Lipinski definition) is 1. The fourth-order valence-corrected chi connectivity index (χ4v) is 1.66. The molecule has 0 amide bonds. The number of ether oxygens (including phenoxy) is 1. The number of rotatable bonds is 8. The van der Waals surface area contributed by atoms with Crippen molar-refractivity contribution >= 4 is 11.9 Å². The number of aliphatic carboxylic acids is 1. The van der Waals surface area contributed by atoms with Gasteiger partial charge in [-0.3, -0.25) is 9.59 Å². The van der Waals surface area contributed by atoms with Crippen molar-refractivity contribution in [1.82, 2.24) is 0 Å². The van der Waals surface area contributed by atoms with Gasteiger partial charge in [0.2, 0.25) is 0 Å². The normalized spacial score (nSPS) is 12.5. The first-order chi connectivity index (χ1) is 7.45. The highest BCUT2D eigenvalue weighted by atomic mass is 16.5. The van der Waals surface area contributed by atoms with Crippen LogP contribution in [0.5, 0.6) is 0 Å². The molecule has 16 heavy (non-hydrogen) atoms. The Morgan fingerprint density at radius 3 is 2.31 bits per heavy atom. The zero-order chi connectivity index (χ0) is 12.6. The van der Waals surface area contributed by atoms with E-state index in [9.17, 15) is 9.59 Å². The van der Waals surface area contributed by atoms with Crippen LogP contribution in [-0.2, 0) is 14.3 Å². The van der Waals surface area contributed by atoms with E-state index in [4.69, 9.17) is 9.84 Å². The zero-order valence-corrected chi connectivity index (χ0v) is 10.4. The van der Waals surface area contributed by atoms with E-state index in [0.29, 0.717) is 12.5 Å². The van der Waals surface area contributed by atoms with Crippen molar-refractivity contribution < 1.29 is 19.4 Å². The maximum absolute atomic E-state index is 11.4. The van der Waals surface area contributed by atoms with Crippen molar-refractivity contribution in [2.45, 2.75) is 46.5 Å². The molecule has 0 spiro atoms. The molecule has 1 atom stereocenters. The van der Waals surface area contributed by atoms with Crippen LogP contribution in [0, 0.1) is 11.8 Å². The Bertz CT molecular complexity index is 223. The lowest BCUT2D eigenvalue weighted by atomic mass is 9.91. The number of esters is 1. The van der Waals surface area contributed by atoms with E-state index < -0.39 is 5.97 Å². The molecule has 0 aromatic heterocycles. The highest BCUT2D eigenvalue weighted by molar-refractivity contribution is 5.72. The predicted octanol–water partition coefficient (Wildman–Crippen LogP) is 2.47. The minimum atomic E-state index is -0.853. The third-order valence-electron chi connectivity index (χ3n) is 2.19. The van der Waals surface area contributed by atoms with Gasteiger partial charge in [0.05, 0.1) is 6.61 Å². The van der Waals surface area contributed by atoms with Gasteiger partial charge in [-0.05, 0) is 24.7 Å². The standard InChI is InChI=1S/C12H22O4/c1-4-5-16-12(15)8-10(6-9(2)3)7-11(13)14/h9-10H,4-8H2,1-3H3,(H,13,14)/t10-/m1/s1. The summed E-state index contributed by atoms with van der Waals surface area (Å²) in [5, 5.41) is 8.73. The molecule has 0 unspecified atom stereocenters. The van der Waals surface area contributed by atoms with Gasteiger partial charge in [0.1, 0.15) is 0 Å². The van der Waals surface area contributed by atoms with E-state index in [0.717, 1.165) is 12.8 Å². The SMILES string of the molecule is CCCOC(=O)C[C@@H](CC(=O)O)CC(C)C. The second-order valence-electron chi connectivity index (χ2n) is 4.52. The Hall–Kier alpha value is -1.06. The lowest BCUT2D eigenvalue weighted by Crippen LogP contribution is -2.17. The zero-order valence-electron chi connectivity index (χ0n) is 10.4. The van der Waals surface area contributed by atoms with Gasteiger partial charge in [-0.2, -0.15) is 0 Å². The summed E-state index contributed by atoms with van der Waals surface area (Å²) in [7, 11) is 0. The van der Waals surface area contributed by atoms with Gasteiger partial charge in [0.15, 0.2) is 0 Å². The summed E-state index contributed by atoms with van der Waals surface area (Å²) >= 11 is 0. The first-order valence-electron chi connectivity index (χ1n) is 5.83. The number of carbonyl (C=O) groups is 2. The summed E-state index contributed by atoms with van der Waals surface area (Å²) in [4.78, 5) is 22.0. The van der Waals surface area contributed by atoms with Gasteiger partial charge in [-0.25, -0.2) is 0 Å². The molecule has 0 saturated heterocycles. The fraction of sp³-hybridized carbons (Fsp3) is 0.833. The summed E-state index contributed by atoms with van der Waals surface area (Å²) < 4.78 is 4.95. The minimum absolute atomic E-state index is 0.0411. The smallest absolute Gasteiger partial charge is 0.306 e. The molecule has 0 aromatic rings. The molecule has 0 heterocycles. The van der Waals surface area contributed by atoms with Gasteiger partial charge in [0, 0.05) is 12.8 Å². The van der Waals surface area contributed by atoms with Crippen LogP contribution in [-0.4, -0.2) is 23.7 Å². The maximum Gasteiger partial charge on any atom is 0.306 e. The average molecular weight is 230 g/mol. The van der Waals surface area contributed by atoms with Crippen molar-refractivity contribution in [3.8, 4) is 0 Å². The van der Waals surface area contributed by atoms with E-state index in [-0.39, 0.29) is 24.7 Å². The largest absolute Gasteiger partial charge is 0.481 e. The minimum Gasteiger partial charge on any atom is -0.481 e. The van der Waals surface area contributed by atoms with Crippen LogP contribution in [0.1, 0.15) is 46.5 Å². The first-order valence-corrected chi connectivity index (χ1v) is 5.83. The quantitative estimate of drug-likeness (QED) is 0.650. The lowest BCUT2D eigenvalue weighted by molar-refractivity contribution is -0.145. The van der Waals surface area contributed by atoms with Gasteiger partial charge >= 0.3 is 11.9 Å². The van der Waals surface area contributed by atoms with Gasteiger partial charge < -0.3 is 9.84 Å². The van der Waals surface area contributed by atoms with Crippen LogP contribution in [0.4, 0.5) is 0 Å². The van der Waals surface area contributed by atoms with E-state index in [1.165, 1.54) is 0 Å². The van der Waals surface area contributed by atoms with Crippen LogP contribution < -0.4 is 0 Å². The molecular weight excluding hydrogens is 208 g/mol. The third kappa shape index (κ3) is 8.26. The van der Waals surface area contributed by atoms with Crippen molar-refractivity contribution in [2.24, 2.45) is 11.8 Å². The average Bonchev–Trinajstić information content (AvgIpc) is 2.12. The highest BCUT2D eigenvalue weighted by Gasteiger charge is 2.19. The van der Waals surface area contributed by atoms with Gasteiger partial charge in [-0.15, -0.1) is 0 Å². The number of carboxylic acid groups (broad SMARTS) is 1. The second kappa shape index (κ2) is 8.13. The Labute approximate surface area is 97.0 Å². The second-order valence-corrected chi connectivity index (χ2v) is 4.52. The summed E-state index contributed by atoms with van der Waals surface area (Å²) in [6.07, 6.45) is 1.79. The molecule has 4 nitrogen and oxygen atoms in total. The molecule has 4 heteroatoms. The Morgan fingerprint density at radius 2 is 1.88 bits per heavy atom. The summed E-state index contributed by atoms with van der Waals surface area (Å²) in [5.41, 5.74) is 0. The van der Waals surface area contributed by atoms with Crippen molar-refractivity contribution in [2.75, 3.05) is 6.61 Å². The number of carboxylic acids is 1. The molecule has 0 aliphatic carbocycles. The molecule has 0 saturated carbocycles. The van der Waals surface area contributed by atoms with Crippen LogP contribution >= 0.6 is 0 Å². The summed E-state index contributed by atoms with van der Waals surface area (Å²) in [5.74, 6) is -0.854. The van der Waals surface area contributed by atoms with Crippen LogP contribution in [0.2, 0.25) is 0 Å². The van der Waals surface area contributed by atoms with Gasteiger partial charge in [0.25, 0.3) is 0 Å². The Morgan fingerprint density at radius 1 is 1.25 bits per heavy atom. The molecule has 1 N–H and O–H groups in total. The van der Waals surface area contributed by atoms with E-state index in [1.807, 2.05) is 20.8 Å². The highest BCUT2D eigenvalue weighted by Crippen LogP contribution is 2.19. The number of hydrogen-bond acceptors (Lipinski definition) is 3. The molecule has 0 bridgehead atoms. The van der Waals surface area contributed by atoms with Crippen molar-refractivity contribution in [3.05, 3.63) is 0 Å². The predicted molar refractivity (Wildman–Crippen MR) is 61.1 cm³/mol. The molecule has 94 valence electrons. The monoisotopic (exact) mass is 230 g/mol. The molecule has 0 radical (unpaired) electrons. The van der Waals surface area contributed by atoms with Crippen molar-refractivity contribution in [1.29, 1.82) is 0 Å². The lowest BCUT2D eigenvalue weighted by Gasteiger charge is -2.16. The molecule has 0 rings (SSSR count). The van der Waals surface area contributed by atoms with E-state index in [1.54, 1.807) is 0 Å². The molecule has 0 aliphatic rings. The number of carbonyl (C=O) groups excluding carboxylic acids is 1. The van der Waals surface area contributed by atoms with Gasteiger partial charge in [-0.1, -0.05) is 20.8 Å². The molecule has 0 aromatic carbocycles. The Balaban J connectivity index is 4.08. The third-order valence-corrected chi connectivity index (χ3v) is 2.19. The Kier molecular flexibility index (Phi) is 7.60. The fourth-order valence-electron chi connectivity index (χ4n) is 1.66. The van der Waals surface area contributed by atoms with Crippen LogP contribution in [0.25, 0.3) is 0 Å². The van der Waals surface area contributed by atoms with Crippen LogP contribution in [0.15, 0.2) is 0 Å². The summed E-state index contributed by atoms with van der Waals surface area (Å²) in [6.45, 7) is 6.38. The van der Waals surface area contributed by atoms with E-state index >= 15 is 0 Å². The molecular formula is C12H22O4. The van der Waals surface area contributed by atoms with Crippen molar-refractivity contribution in [3.63, 3.8) is 0 Å². The summed E-state index contributed by atoms with van der Waals surface area (Å²) in [6, 6.07) is 0. The maximum atomic E-state index is 11.4. The first kappa shape index (κ1) is 14.9. The van der Waals surface area contributed by atoms with Crippen LogP contribution in [0.3, 0.4) is 0 Å². The topological polar surface area (TPSA) is 63.6 Å².